The van der Waals surface area contributed by atoms with E-state index in [1.54, 1.807) is 12.4 Å². The Morgan fingerprint density at radius 1 is 1.65 bits per heavy atom. The number of nitriles is 1. The highest BCUT2D eigenvalue weighted by Crippen LogP contribution is 2.32. The molecule has 2 heterocycles. The zero-order chi connectivity index (χ0) is 14.5. The molecule has 1 aromatic heterocycles. The van der Waals surface area contributed by atoms with Crippen LogP contribution in [-0.2, 0) is 4.74 Å². The number of hydrogen-bond donors (Lipinski definition) is 4. The van der Waals surface area contributed by atoms with Gasteiger partial charge >= 0.3 is 0 Å². The van der Waals surface area contributed by atoms with Crippen LogP contribution in [0.2, 0.25) is 0 Å². The van der Waals surface area contributed by atoms with Crippen molar-refractivity contribution < 1.29 is 14.9 Å². The molecule has 1 saturated heterocycles. The fraction of sp³-hybridized carbons (Fsp3) is 0.545. The number of amidine groups is 1. The number of thioether (sulfide) groups is 1. The molecule has 8 nitrogen and oxygen atoms in total. The Labute approximate surface area is 119 Å². The van der Waals surface area contributed by atoms with Crippen molar-refractivity contribution in [3.8, 4) is 6.19 Å². The van der Waals surface area contributed by atoms with Gasteiger partial charge in [-0.25, -0.2) is 4.98 Å². The molecule has 0 aliphatic carbocycles. The first kappa shape index (κ1) is 14.8. The zero-order valence-electron chi connectivity index (χ0n) is 10.7. The van der Waals surface area contributed by atoms with Crippen LogP contribution in [0.3, 0.4) is 0 Å². The number of aliphatic hydroxyl groups is 2. The first-order chi connectivity index (χ1) is 9.67. The van der Waals surface area contributed by atoms with E-state index in [0.717, 1.165) is 0 Å². The SMILES string of the molecule is CSC(=NC[C@H]1O[C@@H](c2cnc[nH]2)[C@H](O)[C@@H]1O)NC#N. The summed E-state index contributed by atoms with van der Waals surface area (Å²) in [6.45, 7) is 0.147. The molecule has 0 spiro atoms. The topological polar surface area (TPSA) is 127 Å². The highest BCUT2D eigenvalue weighted by Gasteiger charge is 2.43. The molecule has 20 heavy (non-hydrogen) atoms. The van der Waals surface area contributed by atoms with Crippen molar-refractivity contribution in [2.75, 3.05) is 12.8 Å². The van der Waals surface area contributed by atoms with Crippen LogP contribution in [0.1, 0.15) is 11.8 Å². The van der Waals surface area contributed by atoms with Crippen LogP contribution in [0.15, 0.2) is 17.5 Å². The molecule has 4 N–H and O–H groups in total. The van der Waals surface area contributed by atoms with Crippen molar-refractivity contribution in [3.05, 3.63) is 18.2 Å². The number of aromatic amines is 1. The van der Waals surface area contributed by atoms with Gasteiger partial charge in [-0.15, -0.1) is 0 Å². The largest absolute Gasteiger partial charge is 0.388 e. The maximum absolute atomic E-state index is 9.98. The van der Waals surface area contributed by atoms with Crippen molar-refractivity contribution in [3.63, 3.8) is 0 Å². The molecule has 4 atom stereocenters. The van der Waals surface area contributed by atoms with Crippen molar-refractivity contribution in [1.82, 2.24) is 15.3 Å². The molecule has 1 aromatic rings. The van der Waals surface area contributed by atoms with E-state index in [-0.39, 0.29) is 6.54 Å². The monoisotopic (exact) mass is 297 g/mol. The summed E-state index contributed by atoms with van der Waals surface area (Å²) in [4.78, 5) is 10.8. The maximum Gasteiger partial charge on any atom is 0.183 e. The maximum atomic E-state index is 9.98. The molecule has 0 saturated carbocycles. The smallest absolute Gasteiger partial charge is 0.183 e. The number of H-pyrrole nitrogens is 1. The number of rotatable bonds is 3. The number of aliphatic imine (C=N–C) groups is 1. The number of aromatic nitrogens is 2. The van der Waals surface area contributed by atoms with Gasteiger partial charge in [0, 0.05) is 0 Å². The van der Waals surface area contributed by atoms with Gasteiger partial charge in [0.2, 0.25) is 0 Å². The number of nitrogens with zero attached hydrogens (tertiary/aromatic N) is 3. The van der Waals surface area contributed by atoms with Crippen LogP contribution in [0.5, 0.6) is 0 Å². The van der Waals surface area contributed by atoms with Crippen LogP contribution in [0.4, 0.5) is 0 Å². The summed E-state index contributed by atoms with van der Waals surface area (Å²) in [5.74, 6) is 0. The normalized spacial score (nSPS) is 30.2. The number of aliphatic hydroxyl groups excluding tert-OH is 2. The fourth-order valence-electron chi connectivity index (χ4n) is 1.95. The molecule has 108 valence electrons. The minimum absolute atomic E-state index is 0.147. The van der Waals surface area contributed by atoms with Gasteiger partial charge in [-0.2, -0.15) is 5.26 Å². The summed E-state index contributed by atoms with van der Waals surface area (Å²) < 4.78 is 5.61. The van der Waals surface area contributed by atoms with Crippen LogP contribution in [-0.4, -0.2) is 56.5 Å². The van der Waals surface area contributed by atoms with Gasteiger partial charge in [0.1, 0.15) is 24.4 Å². The van der Waals surface area contributed by atoms with Crippen LogP contribution >= 0.6 is 11.8 Å². The van der Waals surface area contributed by atoms with Gasteiger partial charge in [-0.3, -0.25) is 10.3 Å². The Kier molecular flexibility index (Phi) is 4.97. The molecule has 0 aromatic carbocycles. The van der Waals surface area contributed by atoms with E-state index in [0.29, 0.717) is 10.9 Å². The Balaban J connectivity index is 2.02. The number of nitrogens with one attached hydrogen (secondary N) is 2. The lowest BCUT2D eigenvalue weighted by Crippen LogP contribution is -2.32. The average Bonchev–Trinajstić information content (AvgIpc) is 3.06. The third kappa shape index (κ3) is 3.10. The molecule has 9 heteroatoms. The van der Waals surface area contributed by atoms with Crippen molar-refractivity contribution in [2.45, 2.75) is 24.4 Å². The van der Waals surface area contributed by atoms with E-state index in [4.69, 9.17) is 10.00 Å². The standard InChI is InChI=1S/C11H15N5O3S/c1-20-11(15-4-12)14-3-7-8(17)9(18)10(19-7)6-2-13-5-16-6/h2,5,7-10,17-18H,3H2,1H3,(H,13,16)(H,14,15)/t7-,8-,9-,10+/m1/s1. The third-order valence-corrected chi connectivity index (χ3v) is 3.58. The molecule has 1 aliphatic heterocycles. The van der Waals surface area contributed by atoms with Crippen LogP contribution in [0.25, 0.3) is 0 Å². The van der Waals surface area contributed by atoms with E-state index < -0.39 is 24.4 Å². The van der Waals surface area contributed by atoms with Gasteiger partial charge in [-0.1, -0.05) is 11.8 Å². The Morgan fingerprint density at radius 2 is 2.45 bits per heavy atom. The highest BCUT2D eigenvalue weighted by molar-refractivity contribution is 8.13. The number of hydrogen-bond acceptors (Lipinski definition) is 7. The first-order valence-electron chi connectivity index (χ1n) is 5.90. The average molecular weight is 297 g/mol. The molecule has 0 radical (unpaired) electrons. The third-order valence-electron chi connectivity index (χ3n) is 2.96. The molecular weight excluding hydrogens is 282 g/mol. The van der Waals surface area contributed by atoms with Gasteiger partial charge < -0.3 is 19.9 Å². The fourth-order valence-corrected chi connectivity index (χ4v) is 2.31. The quantitative estimate of drug-likeness (QED) is 0.253. The van der Waals surface area contributed by atoms with Gasteiger partial charge in [0.05, 0.1) is 24.8 Å². The lowest BCUT2D eigenvalue weighted by atomic mass is 10.1. The van der Waals surface area contributed by atoms with E-state index in [1.165, 1.54) is 24.3 Å². The predicted octanol–water partition coefficient (Wildman–Crippen LogP) is -0.639. The van der Waals surface area contributed by atoms with Gasteiger partial charge in [0.15, 0.2) is 11.4 Å². The molecule has 1 aliphatic rings. The lowest BCUT2D eigenvalue weighted by molar-refractivity contribution is 0.00954. The summed E-state index contributed by atoms with van der Waals surface area (Å²) in [5, 5.41) is 31.3. The second kappa shape index (κ2) is 6.71. The summed E-state index contributed by atoms with van der Waals surface area (Å²) >= 11 is 1.28. The summed E-state index contributed by atoms with van der Waals surface area (Å²) in [5.41, 5.74) is 0.600. The van der Waals surface area contributed by atoms with Crippen LogP contribution in [0, 0.1) is 11.5 Å². The van der Waals surface area contributed by atoms with Crippen LogP contribution < -0.4 is 5.32 Å². The molecule has 0 unspecified atom stereocenters. The zero-order valence-corrected chi connectivity index (χ0v) is 11.5. The summed E-state index contributed by atoms with van der Waals surface area (Å²) in [7, 11) is 0. The van der Waals surface area contributed by atoms with Crippen molar-refractivity contribution >= 4 is 16.9 Å². The molecule has 1 fully saturated rings. The minimum atomic E-state index is -1.04. The summed E-state index contributed by atoms with van der Waals surface area (Å²) in [6.07, 6.45) is 3.19. The number of imidazole rings is 1. The second-order valence-electron chi connectivity index (χ2n) is 4.17. The van der Waals surface area contributed by atoms with E-state index in [1.807, 2.05) is 0 Å². The highest BCUT2D eigenvalue weighted by atomic mass is 32.2. The van der Waals surface area contributed by atoms with E-state index in [9.17, 15) is 10.2 Å². The second-order valence-corrected chi connectivity index (χ2v) is 4.96. The molecule has 0 bridgehead atoms. The predicted molar refractivity (Wildman–Crippen MR) is 72.8 cm³/mol. The van der Waals surface area contributed by atoms with Crippen molar-refractivity contribution in [1.29, 1.82) is 5.26 Å². The van der Waals surface area contributed by atoms with Gasteiger partial charge in [-0.05, 0) is 6.26 Å². The van der Waals surface area contributed by atoms with E-state index in [2.05, 4.69) is 20.3 Å². The summed E-state index contributed by atoms with van der Waals surface area (Å²) in [6, 6.07) is 0. The lowest BCUT2D eigenvalue weighted by Gasteiger charge is -2.12. The number of ether oxygens (including phenoxy) is 1. The minimum Gasteiger partial charge on any atom is -0.388 e. The van der Waals surface area contributed by atoms with Crippen molar-refractivity contribution in [2.24, 2.45) is 4.99 Å². The Morgan fingerprint density at radius 3 is 3.05 bits per heavy atom. The molecule has 2 rings (SSSR count). The molecule has 0 amide bonds. The Hall–Kier alpha value is -1.60. The van der Waals surface area contributed by atoms with E-state index >= 15 is 0 Å². The first-order valence-corrected chi connectivity index (χ1v) is 7.13. The Bertz CT molecular complexity index is 501. The van der Waals surface area contributed by atoms with Gasteiger partial charge in [0.25, 0.3) is 0 Å². The molecular formula is C11H15N5O3S.